The van der Waals surface area contributed by atoms with Crippen LogP contribution in [0.1, 0.15) is 30.0 Å². The molecule has 0 spiro atoms. The third-order valence-corrected chi connectivity index (χ3v) is 6.59. The molecule has 0 aliphatic carbocycles. The van der Waals surface area contributed by atoms with Gasteiger partial charge in [-0.3, -0.25) is 10.5 Å². The van der Waals surface area contributed by atoms with Gasteiger partial charge >= 0.3 is 0 Å². The first-order valence-electron chi connectivity index (χ1n) is 5.70. The summed E-state index contributed by atoms with van der Waals surface area (Å²) in [5.41, 5.74) is 3.93. The summed E-state index contributed by atoms with van der Waals surface area (Å²) >= 11 is 12.2. The van der Waals surface area contributed by atoms with Crippen molar-refractivity contribution in [2.24, 2.45) is 5.84 Å². The minimum Gasteiger partial charge on any atom is -0.270 e. The van der Waals surface area contributed by atoms with Crippen LogP contribution in [0, 0.1) is 0 Å². The number of aromatic nitrogens is 2. The fraction of sp³-hybridized carbons (Fsp3) is 0.364. The van der Waals surface area contributed by atoms with Crippen LogP contribution in [0.4, 0.5) is 0 Å². The number of hydrazine groups is 1. The number of halogens is 3. The lowest BCUT2D eigenvalue weighted by Crippen LogP contribution is -2.30. The van der Waals surface area contributed by atoms with E-state index in [1.807, 2.05) is 10.9 Å². The molecule has 2 aromatic rings. The quantitative estimate of drug-likeness (QED) is 0.506. The molecule has 0 bridgehead atoms. The van der Waals surface area contributed by atoms with Gasteiger partial charge in [-0.1, -0.05) is 6.92 Å². The van der Waals surface area contributed by atoms with Crippen molar-refractivity contribution in [2.45, 2.75) is 25.9 Å². The number of rotatable bonds is 5. The third kappa shape index (κ3) is 3.30. The summed E-state index contributed by atoms with van der Waals surface area (Å²) in [6, 6.07) is 1.98. The van der Waals surface area contributed by atoms with Gasteiger partial charge in [-0.25, -0.2) is 5.43 Å². The highest BCUT2D eigenvalue weighted by molar-refractivity contribution is 9.13. The Morgan fingerprint density at radius 3 is 2.68 bits per heavy atom. The summed E-state index contributed by atoms with van der Waals surface area (Å²) in [5.74, 6) is 5.75. The minimum absolute atomic E-state index is 0.0870. The third-order valence-electron chi connectivity index (χ3n) is 2.66. The van der Waals surface area contributed by atoms with Gasteiger partial charge in [0.2, 0.25) is 0 Å². The summed E-state index contributed by atoms with van der Waals surface area (Å²) in [6.45, 7) is 3.00. The van der Waals surface area contributed by atoms with Gasteiger partial charge in [0.1, 0.15) is 0 Å². The molecule has 0 fully saturated rings. The normalized spacial score (nSPS) is 12.9. The molecule has 104 valence electrons. The number of hydrogen-bond acceptors (Lipinski definition) is 4. The van der Waals surface area contributed by atoms with Crippen LogP contribution in [0.2, 0.25) is 0 Å². The van der Waals surface area contributed by atoms with E-state index < -0.39 is 0 Å². The maximum absolute atomic E-state index is 5.75. The summed E-state index contributed by atoms with van der Waals surface area (Å²) in [7, 11) is 0. The van der Waals surface area contributed by atoms with Crippen molar-refractivity contribution in [3.05, 3.63) is 35.6 Å². The zero-order valence-electron chi connectivity index (χ0n) is 10.2. The number of aryl methyl sites for hydroxylation is 1. The molecule has 0 radical (unpaired) electrons. The van der Waals surface area contributed by atoms with Gasteiger partial charge < -0.3 is 0 Å². The van der Waals surface area contributed by atoms with Gasteiger partial charge in [-0.2, -0.15) is 5.10 Å². The predicted molar refractivity (Wildman–Crippen MR) is 89.1 cm³/mol. The van der Waals surface area contributed by atoms with Crippen molar-refractivity contribution in [3.8, 4) is 0 Å². The summed E-state index contributed by atoms with van der Waals surface area (Å²) in [4.78, 5) is 1.12. The fourth-order valence-corrected chi connectivity index (χ4v) is 4.53. The zero-order valence-corrected chi connectivity index (χ0v) is 15.7. The molecule has 19 heavy (non-hydrogen) atoms. The molecule has 0 aliphatic rings. The maximum atomic E-state index is 5.75. The second-order valence-corrected chi connectivity index (χ2v) is 8.08. The predicted octanol–water partition coefficient (Wildman–Crippen LogP) is 4.19. The molecule has 8 heteroatoms. The number of nitrogens with two attached hydrogens (primary N) is 1. The van der Waals surface area contributed by atoms with Crippen LogP contribution in [0.5, 0.6) is 0 Å². The average molecular weight is 473 g/mol. The Hall–Kier alpha value is 0.270. The molecular formula is C11H13Br3N4S. The lowest BCUT2D eigenvalue weighted by atomic mass is 10.2. The summed E-state index contributed by atoms with van der Waals surface area (Å²) in [6.07, 6.45) is 2.84. The van der Waals surface area contributed by atoms with Crippen molar-refractivity contribution in [1.82, 2.24) is 15.2 Å². The summed E-state index contributed by atoms with van der Waals surface area (Å²) in [5, 5.41) is 4.38. The fourth-order valence-electron chi connectivity index (χ4n) is 1.85. The van der Waals surface area contributed by atoms with Gasteiger partial charge in [0.25, 0.3) is 0 Å². The lowest BCUT2D eigenvalue weighted by molar-refractivity contribution is 0.523. The number of hydrogen-bond donors (Lipinski definition) is 2. The second kappa shape index (κ2) is 6.82. The molecule has 2 rings (SSSR count). The molecule has 1 unspecified atom stereocenters. The van der Waals surface area contributed by atoms with Crippen molar-refractivity contribution in [1.29, 1.82) is 0 Å². The Morgan fingerprint density at radius 2 is 2.16 bits per heavy atom. The van der Waals surface area contributed by atoms with Crippen LogP contribution >= 0.6 is 59.1 Å². The Morgan fingerprint density at radius 1 is 1.42 bits per heavy atom. The van der Waals surface area contributed by atoms with Gasteiger partial charge in [0.05, 0.1) is 26.2 Å². The molecule has 4 nitrogen and oxygen atoms in total. The van der Waals surface area contributed by atoms with Crippen LogP contribution in [0.3, 0.4) is 0 Å². The Balaban J connectivity index is 2.44. The standard InChI is InChI=1S/C11H13Br3N4S/c1-2-3-18-10(7(13)5-16-18)9(17-15)8-4-6(12)11(14)19-8/h4-5,9,17H,2-3,15H2,1H3. The second-order valence-electron chi connectivity index (χ2n) is 3.97. The smallest absolute Gasteiger partial charge is 0.0982 e. The highest BCUT2D eigenvalue weighted by atomic mass is 79.9. The Kier molecular flexibility index (Phi) is 5.62. The molecule has 0 amide bonds. The molecule has 1 atom stereocenters. The van der Waals surface area contributed by atoms with Crippen LogP contribution in [-0.2, 0) is 6.54 Å². The largest absolute Gasteiger partial charge is 0.270 e. The van der Waals surface area contributed by atoms with Crippen LogP contribution in [0.15, 0.2) is 25.0 Å². The van der Waals surface area contributed by atoms with Gasteiger partial charge in [-0.15, -0.1) is 11.3 Å². The molecule has 2 heterocycles. The monoisotopic (exact) mass is 470 g/mol. The Bertz CT molecular complexity index is 547. The number of thiophene rings is 1. The van der Waals surface area contributed by atoms with E-state index in [1.165, 1.54) is 0 Å². The molecular weight excluding hydrogens is 460 g/mol. The lowest BCUT2D eigenvalue weighted by Gasteiger charge is -2.17. The van der Waals surface area contributed by atoms with Crippen LogP contribution in [-0.4, -0.2) is 9.78 Å². The summed E-state index contributed by atoms with van der Waals surface area (Å²) < 4.78 is 5.03. The first-order chi connectivity index (χ1) is 9.08. The topological polar surface area (TPSA) is 55.9 Å². The van der Waals surface area contributed by atoms with E-state index >= 15 is 0 Å². The minimum atomic E-state index is -0.0870. The molecule has 0 saturated carbocycles. The van der Waals surface area contributed by atoms with E-state index in [0.29, 0.717) is 0 Å². The first kappa shape index (κ1) is 15.7. The zero-order chi connectivity index (χ0) is 14.0. The van der Waals surface area contributed by atoms with Crippen molar-refractivity contribution >= 4 is 59.1 Å². The highest BCUT2D eigenvalue weighted by Crippen LogP contribution is 2.38. The number of nitrogens with one attached hydrogen (secondary N) is 1. The van der Waals surface area contributed by atoms with Gasteiger partial charge in [0.15, 0.2) is 0 Å². The van der Waals surface area contributed by atoms with Crippen LogP contribution in [0.25, 0.3) is 0 Å². The van der Waals surface area contributed by atoms with Crippen molar-refractivity contribution in [3.63, 3.8) is 0 Å². The maximum Gasteiger partial charge on any atom is 0.0982 e. The van der Waals surface area contributed by atoms with E-state index in [4.69, 9.17) is 5.84 Å². The van der Waals surface area contributed by atoms with Crippen molar-refractivity contribution < 1.29 is 0 Å². The van der Waals surface area contributed by atoms with E-state index in [0.717, 1.165) is 36.3 Å². The SMILES string of the molecule is CCCn1ncc(Br)c1C(NN)c1cc(Br)c(Br)s1. The molecule has 2 aromatic heterocycles. The molecule has 0 aliphatic heterocycles. The van der Waals surface area contributed by atoms with E-state index in [2.05, 4.69) is 71.3 Å². The molecule has 3 N–H and O–H groups in total. The van der Waals surface area contributed by atoms with Gasteiger partial charge in [0, 0.05) is 15.9 Å². The van der Waals surface area contributed by atoms with Crippen LogP contribution < -0.4 is 11.3 Å². The Labute approximate surface area is 141 Å². The average Bonchev–Trinajstić information content (AvgIpc) is 2.88. The van der Waals surface area contributed by atoms with E-state index in [9.17, 15) is 0 Å². The van der Waals surface area contributed by atoms with E-state index in [-0.39, 0.29) is 6.04 Å². The highest BCUT2D eigenvalue weighted by Gasteiger charge is 2.23. The first-order valence-corrected chi connectivity index (χ1v) is 8.90. The van der Waals surface area contributed by atoms with E-state index in [1.54, 1.807) is 11.3 Å². The van der Waals surface area contributed by atoms with Crippen molar-refractivity contribution in [2.75, 3.05) is 0 Å². The molecule has 0 saturated heterocycles. The van der Waals surface area contributed by atoms with Gasteiger partial charge in [-0.05, 0) is 60.3 Å². The molecule has 0 aromatic carbocycles. The number of nitrogens with zero attached hydrogens (tertiary/aromatic N) is 2.